The standard InChI is InChI=1S/C13H14F3N3O3S/c1-8-12(9(2)18-17-8)23(20,21)19-10-3-5-11(6-4-10)22-7-13(14,15)16/h3-6,19H,7H2,1-2H3,(H,17,18). The van der Waals surface area contributed by atoms with Crippen LogP contribution in [0.3, 0.4) is 0 Å². The van der Waals surface area contributed by atoms with E-state index >= 15 is 0 Å². The number of sulfonamides is 1. The van der Waals surface area contributed by atoms with E-state index in [9.17, 15) is 21.6 Å². The number of aryl methyl sites for hydroxylation is 2. The molecule has 0 saturated heterocycles. The number of benzene rings is 1. The van der Waals surface area contributed by atoms with Crippen LogP contribution in [0.1, 0.15) is 11.4 Å². The van der Waals surface area contributed by atoms with Gasteiger partial charge in [0.15, 0.2) is 6.61 Å². The van der Waals surface area contributed by atoms with Gasteiger partial charge in [-0.05, 0) is 38.1 Å². The molecule has 0 radical (unpaired) electrons. The molecule has 1 aromatic heterocycles. The quantitative estimate of drug-likeness (QED) is 0.869. The van der Waals surface area contributed by atoms with Gasteiger partial charge in [-0.15, -0.1) is 0 Å². The van der Waals surface area contributed by atoms with Crippen molar-refractivity contribution in [3.05, 3.63) is 35.7 Å². The van der Waals surface area contributed by atoms with Gasteiger partial charge in [0.2, 0.25) is 0 Å². The van der Waals surface area contributed by atoms with Crippen LogP contribution in [0.4, 0.5) is 18.9 Å². The Morgan fingerprint density at radius 2 is 1.83 bits per heavy atom. The second-order valence-corrected chi connectivity index (χ2v) is 6.42. The van der Waals surface area contributed by atoms with E-state index in [4.69, 9.17) is 0 Å². The van der Waals surface area contributed by atoms with E-state index in [1.54, 1.807) is 13.8 Å². The number of alkyl halides is 3. The van der Waals surface area contributed by atoms with Crippen LogP contribution in [0.15, 0.2) is 29.2 Å². The summed E-state index contributed by atoms with van der Waals surface area (Å²) in [5, 5.41) is 6.39. The summed E-state index contributed by atoms with van der Waals surface area (Å²) < 4.78 is 67.6. The fourth-order valence-corrected chi connectivity index (χ4v) is 3.36. The van der Waals surface area contributed by atoms with Crippen molar-refractivity contribution in [3.63, 3.8) is 0 Å². The summed E-state index contributed by atoms with van der Waals surface area (Å²) in [6.07, 6.45) is -4.43. The Morgan fingerprint density at radius 3 is 2.30 bits per heavy atom. The van der Waals surface area contributed by atoms with Crippen molar-refractivity contribution in [2.45, 2.75) is 24.9 Å². The Balaban J connectivity index is 2.12. The average Bonchev–Trinajstić information content (AvgIpc) is 2.77. The lowest BCUT2D eigenvalue weighted by Gasteiger charge is -2.11. The average molecular weight is 349 g/mol. The molecule has 10 heteroatoms. The Morgan fingerprint density at radius 1 is 1.22 bits per heavy atom. The van der Waals surface area contributed by atoms with Crippen LogP contribution in [0, 0.1) is 13.8 Å². The third kappa shape index (κ3) is 4.38. The number of nitrogens with one attached hydrogen (secondary N) is 2. The molecule has 0 unspecified atom stereocenters. The molecule has 0 saturated carbocycles. The maximum Gasteiger partial charge on any atom is 0.422 e. The maximum absolute atomic E-state index is 12.3. The number of anilines is 1. The number of ether oxygens (including phenoxy) is 1. The van der Waals surface area contributed by atoms with Gasteiger partial charge in [0.05, 0.1) is 11.4 Å². The summed E-state index contributed by atoms with van der Waals surface area (Å²) in [6.45, 7) is 1.71. The molecule has 0 atom stereocenters. The molecule has 0 aliphatic heterocycles. The zero-order valence-corrected chi connectivity index (χ0v) is 13.0. The predicted molar refractivity (Wildman–Crippen MR) is 76.9 cm³/mol. The highest BCUT2D eigenvalue weighted by Gasteiger charge is 2.28. The number of rotatable bonds is 5. The third-order valence-corrected chi connectivity index (χ3v) is 4.48. The summed E-state index contributed by atoms with van der Waals surface area (Å²) in [4.78, 5) is 0.0369. The van der Waals surface area contributed by atoms with Crippen molar-refractivity contribution in [3.8, 4) is 5.75 Å². The van der Waals surface area contributed by atoms with Gasteiger partial charge in [-0.3, -0.25) is 9.82 Å². The molecule has 0 amide bonds. The van der Waals surface area contributed by atoms with Gasteiger partial charge in [-0.1, -0.05) is 0 Å². The highest BCUT2D eigenvalue weighted by molar-refractivity contribution is 7.92. The topological polar surface area (TPSA) is 84.1 Å². The van der Waals surface area contributed by atoms with Crippen LogP contribution in [-0.2, 0) is 10.0 Å². The van der Waals surface area contributed by atoms with Gasteiger partial charge < -0.3 is 4.74 Å². The summed E-state index contributed by atoms with van der Waals surface area (Å²) in [5.41, 5.74) is 0.907. The van der Waals surface area contributed by atoms with E-state index in [2.05, 4.69) is 19.7 Å². The van der Waals surface area contributed by atoms with Crippen molar-refractivity contribution in [2.24, 2.45) is 0 Å². The van der Waals surface area contributed by atoms with E-state index in [0.29, 0.717) is 11.4 Å². The Labute approximate surface area is 130 Å². The van der Waals surface area contributed by atoms with Gasteiger partial charge in [-0.2, -0.15) is 18.3 Å². The minimum Gasteiger partial charge on any atom is -0.484 e. The van der Waals surface area contributed by atoms with Crippen LogP contribution in [-0.4, -0.2) is 31.4 Å². The van der Waals surface area contributed by atoms with E-state index in [1.807, 2.05) is 0 Å². The summed E-state index contributed by atoms with van der Waals surface area (Å²) >= 11 is 0. The number of aromatic nitrogens is 2. The number of halogens is 3. The van der Waals surface area contributed by atoms with Crippen molar-refractivity contribution < 1.29 is 26.3 Å². The summed E-state index contributed by atoms with van der Waals surface area (Å²) in [5.74, 6) is -0.0130. The SMILES string of the molecule is Cc1n[nH]c(C)c1S(=O)(=O)Nc1ccc(OCC(F)(F)F)cc1. The highest BCUT2D eigenvalue weighted by atomic mass is 32.2. The molecule has 2 rings (SSSR count). The number of hydrogen-bond donors (Lipinski definition) is 2. The predicted octanol–water partition coefficient (Wildman–Crippen LogP) is 2.77. The minimum atomic E-state index is -4.43. The van der Waals surface area contributed by atoms with Gasteiger partial charge >= 0.3 is 6.18 Å². The fraction of sp³-hybridized carbons (Fsp3) is 0.308. The second-order valence-electron chi connectivity index (χ2n) is 4.80. The van der Waals surface area contributed by atoms with Crippen LogP contribution in [0.2, 0.25) is 0 Å². The highest BCUT2D eigenvalue weighted by Crippen LogP contribution is 2.23. The molecule has 0 spiro atoms. The number of hydrogen-bond acceptors (Lipinski definition) is 4. The summed E-state index contributed by atoms with van der Waals surface area (Å²) in [6, 6.07) is 5.12. The first kappa shape index (κ1) is 17.1. The van der Waals surface area contributed by atoms with Gasteiger partial charge in [-0.25, -0.2) is 8.42 Å². The first-order valence-corrected chi connectivity index (χ1v) is 7.91. The molecule has 2 N–H and O–H groups in total. The molecule has 1 aromatic carbocycles. The monoisotopic (exact) mass is 349 g/mol. The zero-order valence-electron chi connectivity index (χ0n) is 12.2. The molecule has 23 heavy (non-hydrogen) atoms. The van der Waals surface area contributed by atoms with Crippen molar-refractivity contribution in [1.29, 1.82) is 0 Å². The number of nitrogens with zero attached hydrogens (tertiary/aromatic N) is 1. The molecular weight excluding hydrogens is 335 g/mol. The molecule has 2 aromatic rings. The van der Waals surface area contributed by atoms with Gasteiger partial charge in [0, 0.05) is 5.69 Å². The number of aromatic amines is 1. The largest absolute Gasteiger partial charge is 0.484 e. The van der Waals surface area contributed by atoms with Crippen LogP contribution < -0.4 is 9.46 Å². The lowest BCUT2D eigenvalue weighted by atomic mass is 10.3. The van der Waals surface area contributed by atoms with Crippen LogP contribution in [0.25, 0.3) is 0 Å². The van der Waals surface area contributed by atoms with Gasteiger partial charge in [0.1, 0.15) is 10.6 Å². The maximum atomic E-state index is 12.3. The lowest BCUT2D eigenvalue weighted by Crippen LogP contribution is -2.19. The van der Waals surface area contributed by atoms with Crippen molar-refractivity contribution in [1.82, 2.24) is 10.2 Å². The van der Waals surface area contributed by atoms with E-state index in [1.165, 1.54) is 24.3 Å². The molecule has 126 valence electrons. The smallest absolute Gasteiger partial charge is 0.422 e. The van der Waals surface area contributed by atoms with Crippen molar-refractivity contribution >= 4 is 15.7 Å². The van der Waals surface area contributed by atoms with E-state index < -0.39 is 22.8 Å². The number of H-pyrrole nitrogens is 1. The molecule has 0 bridgehead atoms. The van der Waals surface area contributed by atoms with Crippen LogP contribution >= 0.6 is 0 Å². The second kappa shape index (κ2) is 6.11. The third-order valence-electron chi connectivity index (χ3n) is 2.84. The first-order chi connectivity index (χ1) is 10.6. The lowest BCUT2D eigenvalue weighted by molar-refractivity contribution is -0.153. The summed E-state index contributed by atoms with van der Waals surface area (Å²) in [7, 11) is -3.84. The van der Waals surface area contributed by atoms with E-state index in [0.717, 1.165) is 0 Å². The molecule has 1 heterocycles. The Bertz CT molecular complexity index is 764. The molecule has 0 aliphatic carbocycles. The molecule has 0 aliphatic rings. The molecule has 6 nitrogen and oxygen atoms in total. The minimum absolute atomic E-state index is 0.0130. The zero-order chi connectivity index (χ0) is 17.3. The Hall–Kier alpha value is -2.23. The molecule has 0 fully saturated rings. The van der Waals surface area contributed by atoms with Gasteiger partial charge in [0.25, 0.3) is 10.0 Å². The molecular formula is C13H14F3N3O3S. The normalized spacial score (nSPS) is 12.2. The van der Waals surface area contributed by atoms with Crippen molar-refractivity contribution in [2.75, 3.05) is 11.3 Å². The first-order valence-electron chi connectivity index (χ1n) is 6.42. The Kier molecular flexibility index (Phi) is 4.55. The van der Waals surface area contributed by atoms with Crippen LogP contribution in [0.5, 0.6) is 5.75 Å². The van der Waals surface area contributed by atoms with E-state index in [-0.39, 0.29) is 16.3 Å². The fourth-order valence-electron chi connectivity index (χ4n) is 1.93.